The summed E-state index contributed by atoms with van der Waals surface area (Å²) >= 11 is 6.33. The number of sulfonamides is 1. The first kappa shape index (κ1) is 30.2. The molecular formula is C30H36ClN3O4S. The highest BCUT2D eigenvalue weighted by Gasteiger charge is 2.33. The molecule has 3 aromatic carbocycles. The smallest absolute Gasteiger partial charge is 0.244 e. The zero-order valence-electron chi connectivity index (χ0n) is 22.6. The number of rotatable bonds is 13. The Morgan fingerprint density at radius 3 is 2.23 bits per heavy atom. The van der Waals surface area contributed by atoms with Crippen molar-refractivity contribution in [1.29, 1.82) is 0 Å². The Hall–Kier alpha value is -3.36. The quantitative estimate of drug-likeness (QED) is 0.294. The molecule has 0 radical (unpaired) electrons. The van der Waals surface area contributed by atoms with Crippen LogP contribution in [-0.4, -0.2) is 50.5 Å². The molecule has 1 N–H and O–H groups in total. The Balaban J connectivity index is 2.05. The lowest BCUT2D eigenvalue weighted by Crippen LogP contribution is -2.53. The number of aryl methyl sites for hydroxylation is 1. The lowest BCUT2D eigenvalue weighted by atomic mass is 10.0. The molecule has 208 valence electrons. The molecule has 0 heterocycles. The predicted molar refractivity (Wildman–Crippen MR) is 157 cm³/mol. The molecule has 3 rings (SSSR count). The maximum absolute atomic E-state index is 14.1. The molecule has 0 aromatic heterocycles. The van der Waals surface area contributed by atoms with E-state index in [0.29, 0.717) is 6.54 Å². The topological polar surface area (TPSA) is 86.8 Å². The first-order valence-electron chi connectivity index (χ1n) is 13.0. The van der Waals surface area contributed by atoms with Gasteiger partial charge in [-0.05, 0) is 42.2 Å². The van der Waals surface area contributed by atoms with E-state index in [4.69, 9.17) is 11.6 Å². The van der Waals surface area contributed by atoms with Crippen molar-refractivity contribution < 1.29 is 18.0 Å². The summed E-state index contributed by atoms with van der Waals surface area (Å²) in [5, 5.41) is 3.19. The standard InChI is InChI=1S/C30H36ClN3O4S/c1-4-5-19-32-30(36)28(20-24-14-7-6-8-15-24)33(21-25-16-10-9-13-23(25)2)29(35)22-34(39(3,37)38)27-18-12-11-17-26(27)31/h6-18,28H,4-5,19-22H2,1-3H3,(H,32,36)/t28-/m1/s1. The number of benzene rings is 3. The van der Waals surface area contributed by atoms with Gasteiger partial charge >= 0.3 is 0 Å². The highest BCUT2D eigenvalue weighted by atomic mass is 35.5. The van der Waals surface area contributed by atoms with Crippen LogP contribution in [0.1, 0.15) is 36.5 Å². The van der Waals surface area contributed by atoms with Gasteiger partial charge in [0, 0.05) is 19.5 Å². The van der Waals surface area contributed by atoms with Crippen molar-refractivity contribution in [3.8, 4) is 0 Å². The Morgan fingerprint density at radius 1 is 0.949 bits per heavy atom. The number of para-hydroxylation sites is 1. The minimum Gasteiger partial charge on any atom is -0.354 e. The van der Waals surface area contributed by atoms with Gasteiger partial charge in [-0.1, -0.05) is 91.7 Å². The average Bonchev–Trinajstić information content (AvgIpc) is 2.90. The van der Waals surface area contributed by atoms with Gasteiger partial charge in [0.15, 0.2) is 0 Å². The summed E-state index contributed by atoms with van der Waals surface area (Å²) in [6.45, 7) is 4.11. The fourth-order valence-corrected chi connectivity index (χ4v) is 5.43. The van der Waals surface area contributed by atoms with Gasteiger partial charge in [0.25, 0.3) is 0 Å². The Morgan fingerprint density at radius 2 is 1.59 bits per heavy atom. The second-order valence-corrected chi connectivity index (χ2v) is 11.8. The number of hydrogen-bond donors (Lipinski definition) is 1. The predicted octanol–water partition coefficient (Wildman–Crippen LogP) is 4.97. The van der Waals surface area contributed by atoms with Crippen LogP contribution in [-0.2, 0) is 32.6 Å². The third-order valence-electron chi connectivity index (χ3n) is 6.50. The van der Waals surface area contributed by atoms with E-state index in [1.54, 1.807) is 24.3 Å². The summed E-state index contributed by atoms with van der Waals surface area (Å²) in [6, 6.07) is 22.8. The maximum atomic E-state index is 14.1. The molecule has 2 amide bonds. The van der Waals surface area contributed by atoms with E-state index < -0.39 is 28.5 Å². The number of nitrogens with zero attached hydrogens (tertiary/aromatic N) is 2. The molecule has 9 heteroatoms. The van der Waals surface area contributed by atoms with Gasteiger partial charge in [0.2, 0.25) is 21.8 Å². The van der Waals surface area contributed by atoms with Gasteiger partial charge in [0.1, 0.15) is 12.6 Å². The van der Waals surface area contributed by atoms with Crippen molar-refractivity contribution in [1.82, 2.24) is 10.2 Å². The number of hydrogen-bond acceptors (Lipinski definition) is 4. The van der Waals surface area contributed by atoms with Gasteiger partial charge in [-0.15, -0.1) is 0 Å². The molecule has 0 aliphatic heterocycles. The molecule has 0 aliphatic carbocycles. The summed E-state index contributed by atoms with van der Waals surface area (Å²) in [4.78, 5) is 29.1. The number of unbranched alkanes of at least 4 members (excludes halogenated alkanes) is 1. The van der Waals surface area contributed by atoms with Crippen LogP contribution in [0.3, 0.4) is 0 Å². The van der Waals surface area contributed by atoms with Crippen LogP contribution in [0.15, 0.2) is 78.9 Å². The first-order chi connectivity index (χ1) is 18.6. The largest absolute Gasteiger partial charge is 0.354 e. The minimum absolute atomic E-state index is 0.143. The summed E-state index contributed by atoms with van der Waals surface area (Å²) in [5.74, 6) is -0.784. The van der Waals surface area contributed by atoms with Crippen molar-refractivity contribution in [3.63, 3.8) is 0 Å². The molecule has 0 unspecified atom stereocenters. The third-order valence-corrected chi connectivity index (χ3v) is 7.95. The number of anilines is 1. The van der Waals surface area contributed by atoms with Crippen molar-refractivity contribution in [2.75, 3.05) is 23.7 Å². The molecule has 0 saturated carbocycles. The van der Waals surface area contributed by atoms with E-state index in [1.807, 2.05) is 68.4 Å². The van der Waals surface area contributed by atoms with Crippen molar-refractivity contribution in [2.24, 2.45) is 0 Å². The second-order valence-electron chi connectivity index (χ2n) is 9.52. The monoisotopic (exact) mass is 569 g/mol. The molecule has 0 fully saturated rings. The minimum atomic E-state index is -3.87. The first-order valence-corrected chi connectivity index (χ1v) is 15.2. The van der Waals surface area contributed by atoms with Crippen molar-refractivity contribution in [2.45, 2.75) is 45.7 Å². The number of carbonyl (C=O) groups is 2. The van der Waals surface area contributed by atoms with Crippen LogP contribution in [0.2, 0.25) is 5.02 Å². The normalized spacial score (nSPS) is 12.0. The van der Waals surface area contributed by atoms with Crippen LogP contribution >= 0.6 is 11.6 Å². The van der Waals surface area contributed by atoms with Crippen LogP contribution in [0.4, 0.5) is 5.69 Å². The molecule has 0 spiro atoms. The third kappa shape index (κ3) is 8.57. The van der Waals surface area contributed by atoms with E-state index in [0.717, 1.165) is 40.1 Å². The molecule has 1 atom stereocenters. The number of amides is 2. The van der Waals surface area contributed by atoms with Gasteiger partial charge in [-0.2, -0.15) is 0 Å². The fourth-order valence-electron chi connectivity index (χ4n) is 4.28. The number of nitrogens with one attached hydrogen (secondary N) is 1. The molecule has 39 heavy (non-hydrogen) atoms. The fraction of sp³-hybridized carbons (Fsp3) is 0.333. The average molecular weight is 570 g/mol. The SMILES string of the molecule is CCCCNC(=O)[C@@H](Cc1ccccc1)N(Cc1ccccc1C)C(=O)CN(c1ccccc1Cl)S(C)(=O)=O. The van der Waals surface area contributed by atoms with Gasteiger partial charge in [-0.3, -0.25) is 13.9 Å². The van der Waals surface area contributed by atoms with Gasteiger partial charge in [0.05, 0.1) is 17.0 Å². The Labute approximate surface area is 236 Å². The summed E-state index contributed by atoms with van der Waals surface area (Å²) in [7, 11) is -3.87. The number of carbonyl (C=O) groups excluding carboxylic acids is 2. The zero-order valence-corrected chi connectivity index (χ0v) is 24.2. The number of halogens is 1. The van der Waals surface area contributed by atoms with E-state index in [2.05, 4.69) is 5.32 Å². The lowest BCUT2D eigenvalue weighted by molar-refractivity contribution is -0.140. The van der Waals surface area contributed by atoms with Crippen molar-refractivity contribution in [3.05, 3.63) is 101 Å². The second kappa shape index (κ2) is 14.1. The van der Waals surface area contributed by atoms with E-state index >= 15 is 0 Å². The molecule has 0 saturated heterocycles. The molecule has 0 aliphatic rings. The van der Waals surface area contributed by atoms with Crippen LogP contribution in [0.5, 0.6) is 0 Å². The van der Waals surface area contributed by atoms with E-state index in [1.165, 1.54) is 4.90 Å². The van der Waals surface area contributed by atoms with E-state index in [-0.39, 0.29) is 29.6 Å². The lowest BCUT2D eigenvalue weighted by Gasteiger charge is -2.34. The Kier molecular flexibility index (Phi) is 10.9. The van der Waals surface area contributed by atoms with Crippen LogP contribution in [0, 0.1) is 6.92 Å². The molecule has 3 aromatic rings. The summed E-state index contributed by atoms with van der Waals surface area (Å²) in [6.07, 6.45) is 3.04. The van der Waals surface area contributed by atoms with Gasteiger partial charge in [-0.25, -0.2) is 8.42 Å². The maximum Gasteiger partial charge on any atom is 0.244 e. The van der Waals surface area contributed by atoms with Crippen LogP contribution in [0.25, 0.3) is 0 Å². The van der Waals surface area contributed by atoms with Crippen molar-refractivity contribution >= 4 is 39.1 Å². The Bertz CT molecular complexity index is 1370. The molecule has 0 bridgehead atoms. The molecule has 7 nitrogen and oxygen atoms in total. The van der Waals surface area contributed by atoms with E-state index in [9.17, 15) is 18.0 Å². The zero-order chi connectivity index (χ0) is 28.4. The highest BCUT2D eigenvalue weighted by molar-refractivity contribution is 7.92. The summed E-state index contributed by atoms with van der Waals surface area (Å²) in [5.41, 5.74) is 2.93. The van der Waals surface area contributed by atoms with Gasteiger partial charge < -0.3 is 10.2 Å². The highest BCUT2D eigenvalue weighted by Crippen LogP contribution is 2.28. The van der Waals surface area contributed by atoms with Crippen LogP contribution < -0.4 is 9.62 Å². The summed E-state index contributed by atoms with van der Waals surface area (Å²) < 4.78 is 26.7. The molecular weight excluding hydrogens is 534 g/mol.